The van der Waals surface area contributed by atoms with Crippen LogP contribution in [0.3, 0.4) is 0 Å². The summed E-state index contributed by atoms with van der Waals surface area (Å²) in [6.45, 7) is 4.66. The van der Waals surface area contributed by atoms with Crippen molar-refractivity contribution in [2.75, 3.05) is 6.61 Å². The van der Waals surface area contributed by atoms with E-state index in [0.29, 0.717) is 13.0 Å². The summed E-state index contributed by atoms with van der Waals surface area (Å²) in [6, 6.07) is 13.5. The summed E-state index contributed by atoms with van der Waals surface area (Å²) in [6.07, 6.45) is 7.40. The number of benzene rings is 2. The largest absolute Gasteiger partial charge is 0.508 e. The lowest BCUT2D eigenvalue weighted by atomic mass is 9.91. The van der Waals surface area contributed by atoms with Gasteiger partial charge in [0.25, 0.3) is 10.1 Å². The van der Waals surface area contributed by atoms with E-state index in [1.54, 1.807) is 54.6 Å². The molecule has 0 heterocycles. The lowest BCUT2D eigenvalue weighted by Crippen LogP contribution is -2.22. The van der Waals surface area contributed by atoms with Crippen LogP contribution < -0.4 is 0 Å². The third kappa shape index (κ3) is 9.20. The predicted octanol–water partition coefficient (Wildman–Crippen LogP) is 6.13. The maximum atomic E-state index is 12.1. The van der Waals surface area contributed by atoms with Gasteiger partial charge in [0.2, 0.25) is 0 Å². The number of hydrogen-bond acceptors (Lipinski definition) is 5. The molecule has 0 saturated carbocycles. The van der Waals surface area contributed by atoms with Crippen molar-refractivity contribution in [3.63, 3.8) is 0 Å². The Labute approximate surface area is 197 Å². The summed E-state index contributed by atoms with van der Waals surface area (Å²) in [5.41, 5.74) is 1.79. The fourth-order valence-electron chi connectivity index (χ4n) is 3.78. The second kappa shape index (κ2) is 13.4. The lowest BCUT2D eigenvalue weighted by Gasteiger charge is -2.21. The van der Waals surface area contributed by atoms with E-state index in [1.807, 2.05) is 13.0 Å². The zero-order chi connectivity index (χ0) is 24.3. The molecule has 0 saturated heterocycles. The molecule has 0 aliphatic rings. The van der Waals surface area contributed by atoms with Crippen LogP contribution in [0.5, 0.6) is 11.5 Å². The third-order valence-electron chi connectivity index (χ3n) is 5.80. The molecule has 7 heteroatoms. The molecule has 182 valence electrons. The minimum atomic E-state index is -4.25. The van der Waals surface area contributed by atoms with Gasteiger partial charge in [0, 0.05) is 6.61 Å². The number of rotatable bonds is 14. The second-order valence-electron chi connectivity index (χ2n) is 8.32. The topological polar surface area (TPSA) is 104 Å². The van der Waals surface area contributed by atoms with Crippen LogP contribution in [0.15, 0.2) is 60.7 Å². The number of hydrogen-bond donors (Lipinski definition) is 3. The highest BCUT2D eigenvalue weighted by Crippen LogP contribution is 2.30. The number of unbranched alkanes of at least 4 members (excludes halogenated alkanes) is 2. The van der Waals surface area contributed by atoms with Gasteiger partial charge in [-0.3, -0.25) is 4.55 Å². The molecule has 3 unspecified atom stereocenters. The average Bonchev–Trinajstić information content (AvgIpc) is 2.78. The van der Waals surface area contributed by atoms with Crippen LogP contribution >= 0.6 is 0 Å². The van der Waals surface area contributed by atoms with Gasteiger partial charge in [-0.25, -0.2) is 0 Å². The Balaban J connectivity index is 2.13. The van der Waals surface area contributed by atoms with Crippen LogP contribution in [0.25, 0.3) is 0 Å². The second-order valence-corrected chi connectivity index (χ2v) is 10.0. The molecule has 0 radical (unpaired) electrons. The number of ether oxygens (including phenoxy) is 1. The third-order valence-corrected chi connectivity index (χ3v) is 7.03. The Morgan fingerprint density at radius 1 is 0.909 bits per heavy atom. The molecule has 0 bridgehead atoms. The summed E-state index contributed by atoms with van der Waals surface area (Å²) in [4.78, 5) is 0. The van der Waals surface area contributed by atoms with Crippen molar-refractivity contribution in [1.82, 2.24) is 0 Å². The molecule has 2 aromatic rings. The van der Waals surface area contributed by atoms with Crippen LogP contribution in [0.1, 0.15) is 75.5 Å². The highest BCUT2D eigenvalue weighted by atomic mass is 32.2. The van der Waals surface area contributed by atoms with E-state index in [0.717, 1.165) is 30.4 Å². The van der Waals surface area contributed by atoms with E-state index in [4.69, 9.17) is 4.74 Å². The van der Waals surface area contributed by atoms with Gasteiger partial charge < -0.3 is 14.9 Å². The quantitative estimate of drug-likeness (QED) is 0.172. The summed E-state index contributed by atoms with van der Waals surface area (Å²) in [5, 5.41) is 18.1. The normalized spacial score (nSPS) is 14.9. The molecule has 0 aliphatic heterocycles. The molecule has 2 aromatic carbocycles. The SMILES string of the molecule is CCCCCOC(C=CCC(CC(CC)c1ccc(O)cc1)S(=O)(=O)O)c1ccc(O)cc1. The molecule has 0 spiro atoms. The first kappa shape index (κ1) is 26.9. The van der Waals surface area contributed by atoms with Crippen molar-refractivity contribution in [3.8, 4) is 11.5 Å². The van der Waals surface area contributed by atoms with Crippen LogP contribution in [0.2, 0.25) is 0 Å². The van der Waals surface area contributed by atoms with Crippen LogP contribution in [-0.2, 0) is 14.9 Å². The van der Waals surface area contributed by atoms with Crippen LogP contribution in [0, 0.1) is 0 Å². The highest BCUT2D eigenvalue weighted by Gasteiger charge is 2.26. The molecule has 0 aromatic heterocycles. The molecule has 0 fully saturated rings. The smallest absolute Gasteiger partial charge is 0.268 e. The van der Waals surface area contributed by atoms with Gasteiger partial charge in [0.1, 0.15) is 17.6 Å². The Bertz CT molecular complexity index is 951. The first-order chi connectivity index (χ1) is 15.7. The van der Waals surface area contributed by atoms with E-state index < -0.39 is 15.4 Å². The van der Waals surface area contributed by atoms with E-state index in [1.165, 1.54) is 0 Å². The number of phenols is 2. The Morgan fingerprint density at radius 2 is 1.48 bits per heavy atom. The van der Waals surface area contributed by atoms with E-state index in [9.17, 15) is 23.2 Å². The Hall–Kier alpha value is -2.35. The van der Waals surface area contributed by atoms with Gasteiger partial charge in [-0.2, -0.15) is 8.42 Å². The molecular weight excluding hydrogens is 440 g/mol. The fourth-order valence-corrected chi connectivity index (χ4v) is 4.61. The first-order valence-corrected chi connectivity index (χ1v) is 13.1. The van der Waals surface area contributed by atoms with Crippen molar-refractivity contribution in [2.24, 2.45) is 0 Å². The monoisotopic (exact) mass is 476 g/mol. The summed E-state index contributed by atoms with van der Waals surface area (Å²) < 4.78 is 40.1. The van der Waals surface area contributed by atoms with Crippen LogP contribution in [0.4, 0.5) is 0 Å². The standard InChI is InChI=1S/C26H36O6S/c1-3-5-6-18-32-26(22-12-16-24(28)17-13-22)9-7-8-25(33(29,30)31)19-20(4-2)21-10-14-23(27)15-11-21/h7,9-17,20,25-28H,3-6,8,18-19H2,1-2H3,(H,29,30,31). The van der Waals surface area contributed by atoms with Gasteiger partial charge in [-0.1, -0.05) is 63.1 Å². The molecule has 6 nitrogen and oxygen atoms in total. The van der Waals surface area contributed by atoms with Crippen molar-refractivity contribution in [1.29, 1.82) is 0 Å². The zero-order valence-electron chi connectivity index (χ0n) is 19.4. The van der Waals surface area contributed by atoms with E-state index >= 15 is 0 Å². The van der Waals surface area contributed by atoms with Gasteiger partial charge in [0.05, 0.1) is 5.25 Å². The van der Waals surface area contributed by atoms with Crippen molar-refractivity contribution in [3.05, 3.63) is 71.8 Å². The van der Waals surface area contributed by atoms with Gasteiger partial charge in [-0.15, -0.1) is 0 Å². The molecule has 0 aliphatic carbocycles. The minimum Gasteiger partial charge on any atom is -0.508 e. The van der Waals surface area contributed by atoms with Gasteiger partial charge in [-0.05, 0) is 67.0 Å². The number of aromatic hydroxyl groups is 2. The predicted molar refractivity (Wildman–Crippen MR) is 131 cm³/mol. The maximum absolute atomic E-state index is 12.1. The molecule has 2 rings (SSSR count). The average molecular weight is 477 g/mol. The molecule has 33 heavy (non-hydrogen) atoms. The molecule has 0 amide bonds. The molecular formula is C26H36O6S. The van der Waals surface area contributed by atoms with Crippen LogP contribution in [-0.4, -0.2) is 35.0 Å². The Morgan fingerprint density at radius 3 is 2.00 bits per heavy atom. The highest BCUT2D eigenvalue weighted by molar-refractivity contribution is 7.86. The maximum Gasteiger partial charge on any atom is 0.268 e. The van der Waals surface area contributed by atoms with Gasteiger partial charge in [0.15, 0.2) is 0 Å². The van der Waals surface area contributed by atoms with Crippen molar-refractivity contribution < 1.29 is 27.9 Å². The summed E-state index contributed by atoms with van der Waals surface area (Å²) >= 11 is 0. The summed E-state index contributed by atoms with van der Waals surface area (Å²) in [5.74, 6) is 0.255. The molecule has 3 N–H and O–H groups in total. The Kier molecular flexibility index (Phi) is 10.9. The summed E-state index contributed by atoms with van der Waals surface area (Å²) in [7, 11) is -4.25. The minimum absolute atomic E-state index is 0.0656. The number of phenolic OH excluding ortho intramolecular Hbond substituents is 2. The zero-order valence-corrected chi connectivity index (χ0v) is 20.2. The lowest BCUT2D eigenvalue weighted by molar-refractivity contribution is 0.0819. The van der Waals surface area contributed by atoms with Crippen molar-refractivity contribution >= 4 is 10.1 Å². The van der Waals surface area contributed by atoms with E-state index in [2.05, 4.69) is 6.92 Å². The first-order valence-electron chi connectivity index (χ1n) is 11.6. The van der Waals surface area contributed by atoms with Crippen molar-refractivity contribution in [2.45, 2.75) is 69.6 Å². The van der Waals surface area contributed by atoms with E-state index in [-0.39, 0.29) is 36.4 Å². The fraction of sp³-hybridized carbons (Fsp3) is 0.462. The number of allylic oxidation sites excluding steroid dienone is 1. The molecule has 3 atom stereocenters. The van der Waals surface area contributed by atoms with Gasteiger partial charge >= 0.3 is 0 Å².